The molecule has 5 heteroatoms. The van der Waals surface area contributed by atoms with Gasteiger partial charge in [-0.2, -0.15) is 4.80 Å². The molecule has 1 aromatic carbocycles. The van der Waals surface area contributed by atoms with Gasteiger partial charge < -0.3 is 0 Å². The molecular formula is C10H12N5. The summed E-state index contributed by atoms with van der Waals surface area (Å²) in [5.41, 5.74) is 8.00. The Balaban J connectivity index is 2.14. The van der Waals surface area contributed by atoms with E-state index >= 15 is 0 Å². The highest BCUT2D eigenvalue weighted by Crippen LogP contribution is 2.11. The van der Waals surface area contributed by atoms with Crippen LogP contribution in [0.2, 0.25) is 0 Å². The van der Waals surface area contributed by atoms with Crippen molar-refractivity contribution >= 4 is 0 Å². The molecule has 1 aromatic heterocycles. The second kappa shape index (κ2) is 4.65. The maximum Gasteiger partial charge on any atom is 0.204 e. The van der Waals surface area contributed by atoms with Gasteiger partial charge in [0.2, 0.25) is 5.82 Å². The first kappa shape index (κ1) is 9.79. The molecule has 0 bridgehead atoms. The van der Waals surface area contributed by atoms with Crippen LogP contribution in [0, 0.1) is 0 Å². The minimum Gasteiger partial charge on any atom is -0.258 e. The molecule has 0 atom stereocenters. The zero-order chi connectivity index (χ0) is 10.5. The molecule has 5 nitrogen and oxygen atoms in total. The van der Waals surface area contributed by atoms with Gasteiger partial charge in [0.1, 0.15) is 0 Å². The van der Waals surface area contributed by atoms with Crippen LogP contribution in [0.5, 0.6) is 0 Å². The summed E-state index contributed by atoms with van der Waals surface area (Å²) >= 11 is 0. The first-order valence-electron chi connectivity index (χ1n) is 4.88. The number of aryl methyl sites for hydroxylation is 1. The van der Waals surface area contributed by atoms with E-state index in [4.69, 9.17) is 5.73 Å². The summed E-state index contributed by atoms with van der Waals surface area (Å²) in [4.78, 5) is 1.54. The maximum atomic E-state index is 7.03. The first-order valence-corrected chi connectivity index (χ1v) is 4.88. The maximum absolute atomic E-state index is 7.03. The topological polar surface area (TPSA) is 67.4 Å². The fraction of sp³-hybridized carbons (Fsp3) is 0.300. The highest BCUT2D eigenvalue weighted by atomic mass is 15.6. The molecule has 0 aliphatic heterocycles. The molecule has 0 unspecified atom stereocenters. The van der Waals surface area contributed by atoms with E-state index < -0.39 is 0 Å². The largest absolute Gasteiger partial charge is 0.258 e. The molecule has 0 aliphatic carbocycles. The predicted octanol–water partition coefficient (Wildman–Crippen LogP) is 1.01. The van der Waals surface area contributed by atoms with Crippen LogP contribution < -0.4 is 5.73 Å². The van der Waals surface area contributed by atoms with Crippen LogP contribution in [0.3, 0.4) is 0 Å². The Morgan fingerprint density at radius 2 is 2.00 bits per heavy atom. The lowest BCUT2D eigenvalue weighted by Crippen LogP contribution is -2.04. The molecule has 0 saturated carbocycles. The van der Waals surface area contributed by atoms with Crippen molar-refractivity contribution in [2.45, 2.75) is 13.0 Å². The lowest BCUT2D eigenvalue weighted by molar-refractivity contribution is 0.503. The van der Waals surface area contributed by atoms with Gasteiger partial charge in [0, 0.05) is 12.1 Å². The lowest BCUT2D eigenvalue weighted by atomic mass is 10.2. The predicted molar refractivity (Wildman–Crippen MR) is 55.8 cm³/mol. The number of benzene rings is 1. The van der Waals surface area contributed by atoms with Gasteiger partial charge in [-0.1, -0.05) is 30.3 Å². The number of nitrogens with zero attached hydrogens (tertiary/aromatic N) is 4. The van der Waals surface area contributed by atoms with Crippen LogP contribution in [0.4, 0.5) is 0 Å². The quantitative estimate of drug-likeness (QED) is 0.743. The van der Waals surface area contributed by atoms with E-state index in [2.05, 4.69) is 15.4 Å². The van der Waals surface area contributed by atoms with Gasteiger partial charge in [0.25, 0.3) is 0 Å². The summed E-state index contributed by atoms with van der Waals surface area (Å²) in [5.74, 6) is 0.639. The van der Waals surface area contributed by atoms with Gasteiger partial charge in [0.05, 0.1) is 6.54 Å². The minimum absolute atomic E-state index is 0.391. The Bertz CT molecular complexity index is 409. The Morgan fingerprint density at radius 3 is 2.73 bits per heavy atom. The van der Waals surface area contributed by atoms with Crippen molar-refractivity contribution in [3.05, 3.63) is 30.3 Å². The van der Waals surface area contributed by atoms with Crippen LogP contribution in [-0.4, -0.2) is 26.8 Å². The van der Waals surface area contributed by atoms with Gasteiger partial charge in [-0.3, -0.25) is 5.73 Å². The van der Waals surface area contributed by atoms with Crippen molar-refractivity contribution in [1.29, 1.82) is 0 Å². The molecule has 0 amide bonds. The molecule has 0 spiro atoms. The van der Waals surface area contributed by atoms with E-state index in [-0.39, 0.29) is 0 Å². The molecule has 1 heterocycles. The fourth-order valence-electron chi connectivity index (χ4n) is 1.26. The van der Waals surface area contributed by atoms with Crippen molar-refractivity contribution < 1.29 is 0 Å². The van der Waals surface area contributed by atoms with E-state index in [0.717, 1.165) is 12.0 Å². The summed E-state index contributed by atoms with van der Waals surface area (Å²) < 4.78 is 0. The van der Waals surface area contributed by atoms with E-state index in [1.54, 1.807) is 0 Å². The van der Waals surface area contributed by atoms with Crippen LogP contribution in [-0.2, 0) is 6.54 Å². The van der Waals surface area contributed by atoms with Crippen LogP contribution in [0.25, 0.3) is 11.4 Å². The third kappa shape index (κ3) is 2.38. The average molecular weight is 202 g/mol. The Kier molecular flexibility index (Phi) is 3.04. The number of rotatable bonds is 4. The van der Waals surface area contributed by atoms with E-state index in [1.807, 2.05) is 30.3 Å². The molecule has 2 aromatic rings. The van der Waals surface area contributed by atoms with Crippen molar-refractivity contribution in [3.63, 3.8) is 0 Å². The highest BCUT2D eigenvalue weighted by molar-refractivity contribution is 5.52. The van der Waals surface area contributed by atoms with E-state index in [9.17, 15) is 0 Å². The highest BCUT2D eigenvalue weighted by Gasteiger charge is 2.03. The van der Waals surface area contributed by atoms with Gasteiger partial charge in [-0.25, -0.2) is 0 Å². The van der Waals surface area contributed by atoms with Crippen LogP contribution in [0.1, 0.15) is 6.42 Å². The third-order valence-electron chi connectivity index (χ3n) is 2.02. The van der Waals surface area contributed by atoms with Gasteiger partial charge in [-0.05, 0) is 11.6 Å². The number of aromatic nitrogens is 4. The van der Waals surface area contributed by atoms with Crippen LogP contribution in [0.15, 0.2) is 30.3 Å². The van der Waals surface area contributed by atoms with Gasteiger partial charge >= 0.3 is 0 Å². The standard InChI is InChI=1S/C10H12N5/c11-7-4-8-15-13-10(12-14-15)9-5-2-1-3-6-9/h1-3,5-6,11H,4,7-8H2. The Morgan fingerprint density at radius 1 is 1.20 bits per heavy atom. The average Bonchev–Trinajstić information content (AvgIpc) is 2.76. The molecule has 0 saturated heterocycles. The smallest absolute Gasteiger partial charge is 0.204 e. The second-order valence-electron chi connectivity index (χ2n) is 3.18. The summed E-state index contributed by atoms with van der Waals surface area (Å²) in [5, 5.41) is 12.1. The number of tetrazole rings is 1. The second-order valence-corrected chi connectivity index (χ2v) is 3.18. The summed E-state index contributed by atoms with van der Waals surface area (Å²) in [7, 11) is 0. The number of nitrogens with one attached hydrogen (secondary N) is 1. The number of hydrogen-bond acceptors (Lipinski definition) is 3. The third-order valence-corrected chi connectivity index (χ3v) is 2.02. The lowest BCUT2D eigenvalue weighted by Gasteiger charge is -1.94. The van der Waals surface area contributed by atoms with Crippen molar-refractivity contribution in [3.8, 4) is 11.4 Å². The zero-order valence-corrected chi connectivity index (χ0v) is 8.30. The first-order chi connectivity index (χ1) is 7.40. The van der Waals surface area contributed by atoms with Crippen molar-refractivity contribution in [2.75, 3.05) is 6.54 Å². The number of hydrogen-bond donors (Lipinski definition) is 0. The summed E-state index contributed by atoms with van der Waals surface area (Å²) in [6, 6.07) is 9.74. The summed E-state index contributed by atoms with van der Waals surface area (Å²) in [6.07, 6.45) is 0.755. The van der Waals surface area contributed by atoms with Gasteiger partial charge in [-0.15, -0.1) is 10.2 Å². The molecule has 2 rings (SSSR count). The molecule has 1 N–H and O–H groups in total. The molecule has 0 aliphatic rings. The van der Waals surface area contributed by atoms with Crippen LogP contribution >= 0.6 is 0 Å². The van der Waals surface area contributed by atoms with Gasteiger partial charge in [0.15, 0.2) is 0 Å². The SMILES string of the molecule is [NH]CCCn1nnc(-c2ccccc2)n1. The van der Waals surface area contributed by atoms with Crippen molar-refractivity contribution in [2.24, 2.45) is 0 Å². The zero-order valence-electron chi connectivity index (χ0n) is 8.30. The fourth-order valence-corrected chi connectivity index (χ4v) is 1.26. The van der Waals surface area contributed by atoms with E-state index in [1.165, 1.54) is 4.80 Å². The summed E-state index contributed by atoms with van der Waals surface area (Å²) in [6.45, 7) is 1.05. The Hall–Kier alpha value is -1.75. The molecule has 1 radical (unpaired) electrons. The Labute approximate surface area is 87.9 Å². The minimum atomic E-state index is 0.391. The monoisotopic (exact) mass is 202 g/mol. The van der Waals surface area contributed by atoms with Crippen molar-refractivity contribution in [1.82, 2.24) is 25.9 Å². The molecule has 77 valence electrons. The van der Waals surface area contributed by atoms with E-state index in [0.29, 0.717) is 18.9 Å². The molecular weight excluding hydrogens is 190 g/mol. The normalized spacial score (nSPS) is 10.5. The molecule has 15 heavy (non-hydrogen) atoms. The molecule has 0 fully saturated rings.